The zero-order chi connectivity index (χ0) is 17.3. The van der Waals surface area contributed by atoms with E-state index in [-0.39, 0.29) is 0 Å². The standard InChI is InChI=1S/C22H33BO2/c1-2-22(24-18-19-12-6-3-7-13-19)25-23(20-14-8-4-9-15-20)21-16-10-5-11-17-21/h2-3,6-7,12-13,20-21H,4-5,8-11,14-18H2,1H3/b22-2-. The summed E-state index contributed by atoms with van der Waals surface area (Å²) in [7, 11) is 0. The molecule has 0 radical (unpaired) electrons. The smallest absolute Gasteiger partial charge is 0.368 e. The van der Waals surface area contributed by atoms with Crippen molar-refractivity contribution >= 4 is 6.92 Å². The molecule has 25 heavy (non-hydrogen) atoms. The molecule has 3 rings (SSSR count). The molecule has 2 saturated carbocycles. The molecule has 0 saturated heterocycles. The normalized spacial score (nSPS) is 20.3. The van der Waals surface area contributed by atoms with Crippen LogP contribution in [0.1, 0.15) is 76.7 Å². The third-order valence-electron chi connectivity index (χ3n) is 5.94. The van der Waals surface area contributed by atoms with Crippen molar-refractivity contribution in [2.24, 2.45) is 0 Å². The molecule has 2 nitrogen and oxygen atoms in total. The van der Waals surface area contributed by atoms with Crippen LogP contribution in [-0.2, 0) is 16.0 Å². The minimum Gasteiger partial charge on any atom is -0.536 e. The fourth-order valence-electron chi connectivity index (χ4n) is 4.55. The van der Waals surface area contributed by atoms with Crippen molar-refractivity contribution in [2.75, 3.05) is 0 Å². The summed E-state index contributed by atoms with van der Waals surface area (Å²) in [5, 5.41) is 0. The van der Waals surface area contributed by atoms with Crippen molar-refractivity contribution < 1.29 is 9.39 Å². The second-order valence-electron chi connectivity index (χ2n) is 7.76. The Bertz CT molecular complexity index is 498. The summed E-state index contributed by atoms with van der Waals surface area (Å²) >= 11 is 0. The average Bonchev–Trinajstić information content (AvgIpc) is 2.70. The highest BCUT2D eigenvalue weighted by Gasteiger charge is 2.38. The van der Waals surface area contributed by atoms with E-state index in [4.69, 9.17) is 9.39 Å². The molecule has 0 heterocycles. The van der Waals surface area contributed by atoms with E-state index in [9.17, 15) is 0 Å². The fraction of sp³-hybridized carbons (Fsp3) is 0.636. The summed E-state index contributed by atoms with van der Waals surface area (Å²) in [4.78, 5) is 0. The number of allylic oxidation sites excluding steroid dienone is 1. The van der Waals surface area contributed by atoms with Crippen LogP contribution in [0.4, 0.5) is 0 Å². The van der Waals surface area contributed by atoms with Crippen LogP contribution in [0, 0.1) is 0 Å². The van der Waals surface area contributed by atoms with Gasteiger partial charge in [-0.05, 0) is 30.2 Å². The van der Waals surface area contributed by atoms with E-state index in [1.807, 2.05) is 19.1 Å². The molecular formula is C22H33BO2. The minimum atomic E-state index is 0.350. The summed E-state index contributed by atoms with van der Waals surface area (Å²) in [5.41, 5.74) is 1.19. The van der Waals surface area contributed by atoms with Crippen LogP contribution in [-0.4, -0.2) is 6.92 Å². The van der Waals surface area contributed by atoms with Crippen molar-refractivity contribution in [3.63, 3.8) is 0 Å². The first kappa shape index (κ1) is 18.4. The molecule has 0 spiro atoms. The lowest BCUT2D eigenvalue weighted by atomic mass is 9.42. The predicted molar refractivity (Wildman–Crippen MR) is 105 cm³/mol. The van der Waals surface area contributed by atoms with E-state index in [0.29, 0.717) is 25.2 Å². The molecule has 0 amide bonds. The Hall–Kier alpha value is -1.38. The summed E-state index contributed by atoms with van der Waals surface area (Å²) in [5.74, 6) is 2.16. The molecule has 2 aliphatic carbocycles. The molecule has 0 atom stereocenters. The highest BCUT2D eigenvalue weighted by atomic mass is 16.7. The fourth-order valence-corrected chi connectivity index (χ4v) is 4.55. The molecule has 1 aromatic carbocycles. The maximum Gasteiger partial charge on any atom is 0.368 e. The van der Waals surface area contributed by atoms with Crippen LogP contribution < -0.4 is 0 Å². The van der Waals surface area contributed by atoms with Gasteiger partial charge in [-0.25, -0.2) is 0 Å². The third kappa shape index (κ3) is 5.55. The first-order chi connectivity index (χ1) is 12.4. The zero-order valence-electron chi connectivity index (χ0n) is 15.8. The Labute approximate surface area is 154 Å². The largest absolute Gasteiger partial charge is 0.536 e. The highest BCUT2D eigenvalue weighted by Crippen LogP contribution is 2.42. The van der Waals surface area contributed by atoms with Gasteiger partial charge in [-0.2, -0.15) is 0 Å². The molecule has 0 N–H and O–H groups in total. The van der Waals surface area contributed by atoms with Crippen LogP contribution in [0.3, 0.4) is 0 Å². The second-order valence-corrected chi connectivity index (χ2v) is 7.76. The summed E-state index contributed by atoms with van der Waals surface area (Å²) in [6.07, 6.45) is 15.6. The van der Waals surface area contributed by atoms with Crippen molar-refractivity contribution in [2.45, 2.75) is 89.4 Å². The summed E-state index contributed by atoms with van der Waals surface area (Å²) in [6, 6.07) is 10.4. The van der Waals surface area contributed by atoms with Gasteiger partial charge in [0.25, 0.3) is 5.95 Å². The van der Waals surface area contributed by atoms with Gasteiger partial charge in [0.2, 0.25) is 0 Å². The first-order valence-corrected chi connectivity index (χ1v) is 10.4. The lowest BCUT2D eigenvalue weighted by Crippen LogP contribution is -2.33. The molecule has 1 aromatic rings. The Morgan fingerprint density at radius 2 is 1.48 bits per heavy atom. The summed E-state index contributed by atoms with van der Waals surface area (Å²) < 4.78 is 12.6. The number of rotatable bonds is 7. The highest BCUT2D eigenvalue weighted by molar-refractivity contribution is 6.55. The van der Waals surface area contributed by atoms with Gasteiger partial charge in [0.15, 0.2) is 0 Å². The van der Waals surface area contributed by atoms with Crippen LogP contribution >= 0.6 is 0 Å². The molecule has 0 bridgehead atoms. The Balaban J connectivity index is 1.62. The Morgan fingerprint density at radius 1 is 0.920 bits per heavy atom. The van der Waals surface area contributed by atoms with Gasteiger partial charge in [0.05, 0.1) is 0 Å². The van der Waals surface area contributed by atoms with Crippen LogP contribution in [0.5, 0.6) is 0 Å². The van der Waals surface area contributed by atoms with E-state index in [1.165, 1.54) is 69.8 Å². The minimum absolute atomic E-state index is 0.350. The average molecular weight is 340 g/mol. The van der Waals surface area contributed by atoms with E-state index >= 15 is 0 Å². The van der Waals surface area contributed by atoms with Crippen LogP contribution in [0.2, 0.25) is 11.6 Å². The van der Waals surface area contributed by atoms with Gasteiger partial charge in [-0.1, -0.05) is 94.5 Å². The SMILES string of the molecule is C/C=C(/OCc1ccccc1)OB(C1CCCCC1)C1CCCCC1. The number of hydrogen-bond acceptors (Lipinski definition) is 2. The molecule has 2 aliphatic rings. The predicted octanol–water partition coefficient (Wildman–Crippen LogP) is 6.74. The van der Waals surface area contributed by atoms with E-state index in [0.717, 1.165) is 5.95 Å². The van der Waals surface area contributed by atoms with Crippen molar-refractivity contribution in [1.29, 1.82) is 0 Å². The zero-order valence-corrected chi connectivity index (χ0v) is 15.8. The number of benzene rings is 1. The molecule has 3 heteroatoms. The third-order valence-corrected chi connectivity index (χ3v) is 5.94. The van der Waals surface area contributed by atoms with Gasteiger partial charge in [-0.15, -0.1) is 0 Å². The lowest BCUT2D eigenvalue weighted by Gasteiger charge is -2.35. The molecular weight excluding hydrogens is 307 g/mol. The number of ether oxygens (including phenoxy) is 1. The van der Waals surface area contributed by atoms with Crippen molar-refractivity contribution in [3.05, 3.63) is 47.9 Å². The van der Waals surface area contributed by atoms with Gasteiger partial charge in [0, 0.05) is 0 Å². The first-order valence-electron chi connectivity index (χ1n) is 10.4. The van der Waals surface area contributed by atoms with E-state index in [2.05, 4.69) is 24.3 Å². The van der Waals surface area contributed by atoms with Gasteiger partial charge in [-0.3, -0.25) is 0 Å². The Kier molecular flexibility index (Phi) is 7.32. The van der Waals surface area contributed by atoms with Crippen molar-refractivity contribution in [1.82, 2.24) is 0 Å². The Morgan fingerprint density at radius 3 is 2.00 bits per heavy atom. The topological polar surface area (TPSA) is 18.5 Å². The monoisotopic (exact) mass is 340 g/mol. The van der Waals surface area contributed by atoms with Gasteiger partial charge >= 0.3 is 6.92 Å². The van der Waals surface area contributed by atoms with Gasteiger partial charge < -0.3 is 9.39 Å². The van der Waals surface area contributed by atoms with Gasteiger partial charge in [0.1, 0.15) is 6.61 Å². The maximum atomic E-state index is 6.54. The quantitative estimate of drug-likeness (QED) is 0.404. The second kappa shape index (κ2) is 9.94. The van der Waals surface area contributed by atoms with Crippen LogP contribution in [0.15, 0.2) is 42.4 Å². The van der Waals surface area contributed by atoms with Crippen LogP contribution in [0.25, 0.3) is 0 Å². The molecule has 0 aliphatic heterocycles. The van der Waals surface area contributed by atoms with E-state index in [1.54, 1.807) is 0 Å². The maximum absolute atomic E-state index is 6.54. The van der Waals surface area contributed by atoms with Crippen molar-refractivity contribution in [3.8, 4) is 0 Å². The van der Waals surface area contributed by atoms with E-state index < -0.39 is 0 Å². The molecule has 0 aromatic heterocycles. The lowest BCUT2D eigenvalue weighted by molar-refractivity contribution is 0.0891. The molecule has 136 valence electrons. The summed E-state index contributed by atoms with van der Waals surface area (Å²) in [6.45, 7) is 2.96. The number of hydrogen-bond donors (Lipinski definition) is 0. The molecule has 2 fully saturated rings. The molecule has 0 unspecified atom stereocenters.